The van der Waals surface area contributed by atoms with Gasteiger partial charge >= 0.3 is 0 Å². The monoisotopic (exact) mass is 631 g/mol. The minimum atomic E-state index is 0.649. The quantitative estimate of drug-likeness (QED) is 0.183. The van der Waals surface area contributed by atoms with Gasteiger partial charge in [-0.15, -0.1) is 0 Å². The topological polar surface area (TPSA) is 51.8 Å². The predicted octanol–water partition coefficient (Wildman–Crippen LogP) is 11.5. The Labute approximate surface area is 285 Å². The minimum absolute atomic E-state index is 0.649. The molecule has 4 nitrogen and oxygen atoms in total. The number of fused-ring (bicyclic) bond motifs is 3. The highest BCUT2D eigenvalue weighted by Gasteiger charge is 2.24. The summed E-state index contributed by atoms with van der Waals surface area (Å²) in [5.74, 6) is 3.01. The second-order valence-corrected chi connectivity index (χ2v) is 12.6. The number of aryl methyl sites for hydroxylation is 1. The van der Waals surface area contributed by atoms with Gasteiger partial charge in [0.25, 0.3) is 0 Å². The van der Waals surface area contributed by atoms with Crippen LogP contribution in [-0.2, 0) is 6.42 Å². The highest BCUT2D eigenvalue weighted by atomic mass is 16.3. The Kier molecular flexibility index (Phi) is 7.39. The first-order chi connectivity index (χ1) is 24.3. The van der Waals surface area contributed by atoms with Crippen molar-refractivity contribution in [2.75, 3.05) is 0 Å². The maximum Gasteiger partial charge on any atom is 0.164 e. The van der Waals surface area contributed by atoms with Crippen LogP contribution in [0.5, 0.6) is 0 Å². The molecule has 234 valence electrons. The lowest BCUT2D eigenvalue weighted by Gasteiger charge is -2.17. The van der Waals surface area contributed by atoms with E-state index in [1.54, 1.807) is 0 Å². The third-order valence-corrected chi connectivity index (χ3v) is 9.45. The number of hydrogen-bond donors (Lipinski definition) is 0. The van der Waals surface area contributed by atoms with Crippen molar-refractivity contribution in [3.8, 4) is 45.0 Å². The van der Waals surface area contributed by atoms with Gasteiger partial charge in [-0.25, -0.2) is 15.0 Å². The van der Waals surface area contributed by atoms with Crippen LogP contribution in [-0.4, -0.2) is 15.0 Å². The summed E-state index contributed by atoms with van der Waals surface area (Å²) < 4.78 is 6.55. The molecule has 2 heterocycles. The van der Waals surface area contributed by atoms with Gasteiger partial charge in [0.2, 0.25) is 0 Å². The second kappa shape index (κ2) is 12.5. The van der Waals surface area contributed by atoms with Crippen molar-refractivity contribution in [3.05, 3.63) is 168 Å². The van der Waals surface area contributed by atoms with Gasteiger partial charge in [-0.05, 0) is 83.0 Å². The van der Waals surface area contributed by atoms with Gasteiger partial charge in [-0.1, -0.05) is 121 Å². The van der Waals surface area contributed by atoms with Crippen LogP contribution in [0.4, 0.5) is 0 Å². The summed E-state index contributed by atoms with van der Waals surface area (Å²) in [6, 6.07) is 44.6. The van der Waals surface area contributed by atoms with Crippen molar-refractivity contribution in [1.29, 1.82) is 0 Å². The lowest BCUT2D eigenvalue weighted by molar-refractivity contribution is 0.548. The van der Waals surface area contributed by atoms with Crippen LogP contribution in [0.2, 0.25) is 0 Å². The fraction of sp³-hybridized carbons (Fsp3) is 0.0889. The van der Waals surface area contributed by atoms with E-state index in [-0.39, 0.29) is 0 Å². The molecule has 4 heteroatoms. The zero-order valence-corrected chi connectivity index (χ0v) is 27.0. The highest BCUT2D eigenvalue weighted by Crippen LogP contribution is 2.42. The number of nitrogens with zero attached hydrogens (tertiary/aromatic N) is 3. The van der Waals surface area contributed by atoms with Crippen molar-refractivity contribution in [3.63, 3.8) is 0 Å². The Hall–Kier alpha value is -6.13. The van der Waals surface area contributed by atoms with Crippen LogP contribution in [0.1, 0.15) is 42.0 Å². The second-order valence-electron chi connectivity index (χ2n) is 12.6. The van der Waals surface area contributed by atoms with E-state index >= 15 is 0 Å². The Morgan fingerprint density at radius 2 is 1.14 bits per heavy atom. The molecule has 0 amide bonds. The minimum Gasteiger partial charge on any atom is -0.460 e. The SMILES string of the molecule is C1=CC(c2nc(-c3ccccc3)nc(-c3cccc4oc5c(c34)C=C(c3cc(-c4ccccc4)cc(-c4ccccc4)c3)CC5)n2)=CCC1. The first kappa shape index (κ1) is 29.0. The summed E-state index contributed by atoms with van der Waals surface area (Å²) in [4.78, 5) is 15.1. The Bertz CT molecular complexity index is 2360. The molecule has 0 saturated heterocycles. The summed E-state index contributed by atoms with van der Waals surface area (Å²) in [5.41, 5.74) is 12.2. The number of aromatic nitrogens is 3. The van der Waals surface area contributed by atoms with Gasteiger partial charge in [-0.2, -0.15) is 0 Å². The number of allylic oxidation sites excluding steroid dienone is 5. The van der Waals surface area contributed by atoms with E-state index in [4.69, 9.17) is 19.4 Å². The lowest BCUT2D eigenvalue weighted by Crippen LogP contribution is -2.03. The van der Waals surface area contributed by atoms with E-state index in [9.17, 15) is 0 Å². The number of benzene rings is 5. The van der Waals surface area contributed by atoms with Gasteiger partial charge in [0, 0.05) is 34.1 Å². The molecule has 9 rings (SSSR count). The third-order valence-electron chi connectivity index (χ3n) is 9.45. The standard InChI is InChI=1S/C45H33N3O/c1-5-14-30(15-6-1)35-26-36(31-16-7-2-8-17-31)28-37(27-35)34-24-25-40-39(29-34)42-38(22-13-23-41(42)49-40)45-47-43(32-18-9-3-10-19-32)46-44(48-45)33-20-11-4-12-21-33/h1-3,5-11,13-23,26-29H,4,12,24-25H2. The van der Waals surface area contributed by atoms with Crippen molar-refractivity contribution in [2.45, 2.75) is 25.7 Å². The van der Waals surface area contributed by atoms with E-state index < -0.39 is 0 Å². The van der Waals surface area contributed by atoms with E-state index in [2.05, 4.69) is 127 Å². The Morgan fingerprint density at radius 1 is 0.510 bits per heavy atom. The zero-order chi connectivity index (χ0) is 32.6. The normalized spacial score (nSPS) is 14.0. The molecule has 0 bridgehead atoms. The molecule has 0 saturated carbocycles. The third kappa shape index (κ3) is 5.62. The maximum atomic E-state index is 6.55. The van der Waals surface area contributed by atoms with Gasteiger partial charge in [0.1, 0.15) is 11.3 Å². The summed E-state index contributed by atoms with van der Waals surface area (Å²) in [6.45, 7) is 0. The molecular formula is C45H33N3O. The van der Waals surface area contributed by atoms with Crippen molar-refractivity contribution in [1.82, 2.24) is 15.0 Å². The summed E-state index contributed by atoms with van der Waals surface area (Å²) in [6.07, 6.45) is 12.6. The molecule has 0 spiro atoms. The van der Waals surface area contributed by atoms with Crippen LogP contribution in [0.15, 0.2) is 150 Å². The van der Waals surface area contributed by atoms with Crippen LogP contribution in [0.25, 0.3) is 73.2 Å². The molecule has 2 aliphatic rings. The highest BCUT2D eigenvalue weighted by molar-refractivity contribution is 6.03. The largest absolute Gasteiger partial charge is 0.460 e. The fourth-order valence-corrected chi connectivity index (χ4v) is 7.00. The first-order valence-corrected chi connectivity index (χ1v) is 17.0. The number of furan rings is 1. The summed E-state index contributed by atoms with van der Waals surface area (Å²) in [5, 5.41) is 1.04. The van der Waals surface area contributed by atoms with Crippen molar-refractivity contribution in [2.24, 2.45) is 0 Å². The molecule has 0 N–H and O–H groups in total. The van der Waals surface area contributed by atoms with Gasteiger partial charge in [0.05, 0.1) is 0 Å². The average molecular weight is 632 g/mol. The molecule has 7 aromatic rings. The molecule has 0 aliphatic heterocycles. The molecule has 0 atom stereocenters. The molecular weight excluding hydrogens is 599 g/mol. The van der Waals surface area contributed by atoms with Gasteiger partial charge < -0.3 is 4.42 Å². The van der Waals surface area contributed by atoms with Gasteiger partial charge in [0.15, 0.2) is 17.5 Å². The van der Waals surface area contributed by atoms with Crippen LogP contribution in [0.3, 0.4) is 0 Å². The zero-order valence-electron chi connectivity index (χ0n) is 27.0. The Balaban J connectivity index is 1.21. The van der Waals surface area contributed by atoms with Crippen LogP contribution in [0, 0.1) is 0 Å². The number of rotatable bonds is 6. The first-order valence-electron chi connectivity index (χ1n) is 17.0. The fourth-order valence-electron chi connectivity index (χ4n) is 7.00. The molecule has 5 aromatic carbocycles. The predicted molar refractivity (Wildman–Crippen MR) is 200 cm³/mol. The maximum absolute atomic E-state index is 6.55. The van der Waals surface area contributed by atoms with E-state index in [0.29, 0.717) is 17.5 Å². The van der Waals surface area contributed by atoms with Crippen LogP contribution < -0.4 is 0 Å². The lowest BCUT2D eigenvalue weighted by atomic mass is 9.87. The van der Waals surface area contributed by atoms with Crippen LogP contribution >= 0.6 is 0 Å². The molecule has 0 radical (unpaired) electrons. The van der Waals surface area contributed by atoms with Gasteiger partial charge in [-0.3, -0.25) is 0 Å². The molecule has 2 aliphatic carbocycles. The Morgan fingerprint density at radius 3 is 1.82 bits per heavy atom. The number of hydrogen-bond acceptors (Lipinski definition) is 4. The summed E-state index contributed by atoms with van der Waals surface area (Å²) in [7, 11) is 0. The molecule has 0 fully saturated rings. The van der Waals surface area contributed by atoms with Crippen molar-refractivity contribution < 1.29 is 4.42 Å². The summed E-state index contributed by atoms with van der Waals surface area (Å²) >= 11 is 0. The van der Waals surface area contributed by atoms with E-state index in [1.807, 2.05) is 24.3 Å². The molecule has 2 aromatic heterocycles. The molecule has 49 heavy (non-hydrogen) atoms. The van der Waals surface area contributed by atoms with Crippen molar-refractivity contribution >= 4 is 28.2 Å². The molecule has 0 unspecified atom stereocenters. The van der Waals surface area contributed by atoms with E-state index in [1.165, 1.54) is 33.4 Å². The average Bonchev–Trinajstić information content (AvgIpc) is 3.57. The van der Waals surface area contributed by atoms with E-state index in [0.717, 1.165) is 64.7 Å². The smallest absolute Gasteiger partial charge is 0.164 e.